The maximum atomic E-state index is 14.1. The van der Waals surface area contributed by atoms with Gasteiger partial charge in [0.05, 0.1) is 11.9 Å². The fourth-order valence-electron chi connectivity index (χ4n) is 1.86. The molecule has 0 aromatic heterocycles. The lowest BCUT2D eigenvalue weighted by molar-refractivity contribution is 0.376. The van der Waals surface area contributed by atoms with Crippen LogP contribution in [0.4, 0.5) is 4.39 Å². The van der Waals surface area contributed by atoms with Crippen molar-refractivity contribution in [2.24, 2.45) is 5.84 Å². The second kappa shape index (κ2) is 6.07. The van der Waals surface area contributed by atoms with Crippen LogP contribution in [0, 0.1) is 5.82 Å². The lowest BCUT2D eigenvalue weighted by Gasteiger charge is -2.32. The maximum absolute atomic E-state index is 14.1. The summed E-state index contributed by atoms with van der Waals surface area (Å²) >= 11 is 0. The molecule has 0 bridgehead atoms. The van der Waals surface area contributed by atoms with Crippen molar-refractivity contribution in [2.45, 2.75) is 31.1 Å². The predicted octanol–water partition coefficient (Wildman–Crippen LogP) is 1.03. The van der Waals surface area contributed by atoms with Crippen LogP contribution in [0.1, 0.15) is 19.4 Å². The lowest BCUT2D eigenvalue weighted by atomic mass is 9.95. The third kappa shape index (κ3) is 3.28. The predicted molar refractivity (Wildman–Crippen MR) is 76.7 cm³/mol. The Kier molecular flexibility index (Phi) is 5.12. The number of hydrogen-bond acceptors (Lipinski definition) is 5. The monoisotopic (exact) mass is 304 g/mol. The molecule has 3 N–H and O–H groups in total. The molecule has 0 fully saturated rings. The van der Waals surface area contributed by atoms with Gasteiger partial charge in [0.2, 0.25) is 0 Å². The van der Waals surface area contributed by atoms with Crippen LogP contribution in [0.25, 0.3) is 0 Å². The Bertz CT molecular complexity index is 573. The van der Waals surface area contributed by atoms with E-state index in [1.165, 1.54) is 13.2 Å². The number of hydrazine groups is 1. The van der Waals surface area contributed by atoms with Gasteiger partial charge in [0.15, 0.2) is 21.4 Å². The third-order valence-corrected chi connectivity index (χ3v) is 5.88. The Morgan fingerprint density at radius 2 is 2.05 bits per heavy atom. The minimum absolute atomic E-state index is 0.121. The van der Waals surface area contributed by atoms with Gasteiger partial charge >= 0.3 is 0 Å². The van der Waals surface area contributed by atoms with E-state index in [1.54, 1.807) is 26.0 Å². The van der Waals surface area contributed by atoms with E-state index in [9.17, 15) is 12.8 Å². The number of nitrogens with two attached hydrogens (primary N) is 1. The highest BCUT2D eigenvalue weighted by Gasteiger charge is 2.39. The van der Waals surface area contributed by atoms with Crippen molar-refractivity contribution in [2.75, 3.05) is 13.4 Å². The van der Waals surface area contributed by atoms with Gasteiger partial charge in [-0.3, -0.25) is 11.3 Å². The number of ether oxygens (including phenoxy) is 1. The van der Waals surface area contributed by atoms with Crippen molar-refractivity contribution >= 4 is 9.84 Å². The van der Waals surface area contributed by atoms with Gasteiger partial charge in [-0.1, -0.05) is 12.1 Å². The number of methoxy groups -OCH3 is 1. The highest BCUT2D eigenvalue weighted by molar-refractivity contribution is 7.92. The molecular formula is C13H21FN2O3S. The van der Waals surface area contributed by atoms with Gasteiger partial charge in [-0.05, 0) is 31.9 Å². The second-order valence-corrected chi connectivity index (χ2v) is 7.83. The zero-order valence-corrected chi connectivity index (χ0v) is 12.9. The van der Waals surface area contributed by atoms with Gasteiger partial charge in [0, 0.05) is 12.3 Å². The summed E-state index contributed by atoms with van der Waals surface area (Å²) < 4.78 is 41.6. The quantitative estimate of drug-likeness (QED) is 0.606. The number of halogens is 1. The minimum atomic E-state index is -3.36. The van der Waals surface area contributed by atoms with Crippen LogP contribution in [-0.4, -0.2) is 32.6 Å². The number of rotatable bonds is 6. The maximum Gasteiger partial charge on any atom is 0.168 e. The first-order valence-corrected chi connectivity index (χ1v) is 8.01. The Morgan fingerprint density at radius 1 is 1.45 bits per heavy atom. The van der Waals surface area contributed by atoms with E-state index in [0.29, 0.717) is 5.56 Å². The second-order valence-electron chi connectivity index (χ2n) is 5.23. The van der Waals surface area contributed by atoms with Crippen LogP contribution in [0.3, 0.4) is 0 Å². The zero-order valence-electron chi connectivity index (χ0n) is 12.1. The smallest absolute Gasteiger partial charge is 0.168 e. The zero-order chi connectivity index (χ0) is 15.6. The van der Waals surface area contributed by atoms with Gasteiger partial charge in [-0.15, -0.1) is 0 Å². The van der Waals surface area contributed by atoms with E-state index in [-0.39, 0.29) is 12.2 Å². The standard InChI is InChI=1S/C13H21FN2O3S/c1-13(2,20(4,17)18)11(16-15)8-9-6-5-7-10(19-3)12(9)14/h5-7,11,16H,8,15H2,1-4H3. The van der Waals surface area contributed by atoms with Crippen molar-refractivity contribution in [1.82, 2.24) is 5.43 Å². The molecule has 7 heteroatoms. The number of benzene rings is 1. The molecule has 1 atom stereocenters. The summed E-state index contributed by atoms with van der Waals surface area (Å²) in [7, 11) is -1.98. The number of hydrogen-bond donors (Lipinski definition) is 2. The highest BCUT2D eigenvalue weighted by Crippen LogP contribution is 2.26. The van der Waals surface area contributed by atoms with E-state index >= 15 is 0 Å². The van der Waals surface area contributed by atoms with Crippen LogP contribution in [0.2, 0.25) is 0 Å². The lowest BCUT2D eigenvalue weighted by Crippen LogP contribution is -2.55. The van der Waals surface area contributed by atoms with Crippen molar-refractivity contribution in [3.63, 3.8) is 0 Å². The fraction of sp³-hybridized carbons (Fsp3) is 0.538. The van der Waals surface area contributed by atoms with Gasteiger partial charge in [0.25, 0.3) is 0 Å². The molecule has 0 aliphatic rings. The molecular weight excluding hydrogens is 283 g/mol. The Balaban J connectivity index is 3.13. The molecule has 0 amide bonds. The molecule has 0 radical (unpaired) electrons. The number of sulfone groups is 1. The summed E-state index contributed by atoms with van der Waals surface area (Å²) in [6, 6.07) is 4.11. The van der Waals surface area contributed by atoms with Gasteiger partial charge in [-0.2, -0.15) is 0 Å². The van der Waals surface area contributed by atoms with E-state index in [0.717, 1.165) is 6.26 Å². The normalized spacial score (nSPS) is 14.1. The van der Waals surface area contributed by atoms with E-state index in [2.05, 4.69) is 5.43 Å². The molecule has 0 aliphatic heterocycles. The third-order valence-electron chi connectivity index (χ3n) is 3.68. The first-order chi connectivity index (χ1) is 9.15. The molecule has 0 heterocycles. The Morgan fingerprint density at radius 3 is 2.50 bits per heavy atom. The van der Waals surface area contributed by atoms with Crippen LogP contribution < -0.4 is 16.0 Å². The summed E-state index contributed by atoms with van der Waals surface area (Å²) in [5.41, 5.74) is 2.83. The van der Waals surface area contributed by atoms with Crippen molar-refractivity contribution in [3.05, 3.63) is 29.6 Å². The molecule has 1 aromatic carbocycles. The van der Waals surface area contributed by atoms with Crippen LogP contribution in [0.15, 0.2) is 18.2 Å². The van der Waals surface area contributed by atoms with Crippen molar-refractivity contribution < 1.29 is 17.5 Å². The van der Waals surface area contributed by atoms with Crippen LogP contribution >= 0.6 is 0 Å². The summed E-state index contributed by atoms with van der Waals surface area (Å²) in [4.78, 5) is 0. The summed E-state index contributed by atoms with van der Waals surface area (Å²) in [5, 5.41) is 0. The first-order valence-electron chi connectivity index (χ1n) is 6.12. The van der Waals surface area contributed by atoms with Crippen LogP contribution in [-0.2, 0) is 16.3 Å². The molecule has 1 unspecified atom stereocenters. The molecule has 1 rings (SSSR count). The SMILES string of the molecule is COc1cccc(CC(NN)C(C)(C)S(C)(=O)=O)c1F. The van der Waals surface area contributed by atoms with Gasteiger partial charge in [-0.25, -0.2) is 12.8 Å². The first kappa shape index (κ1) is 16.9. The summed E-state index contributed by atoms with van der Waals surface area (Å²) in [6.45, 7) is 3.12. The largest absolute Gasteiger partial charge is 0.494 e. The van der Waals surface area contributed by atoms with Gasteiger partial charge in [0.1, 0.15) is 0 Å². The van der Waals surface area contributed by atoms with Crippen molar-refractivity contribution in [3.8, 4) is 5.75 Å². The molecule has 114 valence electrons. The molecule has 1 aromatic rings. The summed E-state index contributed by atoms with van der Waals surface area (Å²) in [5.74, 6) is 5.08. The number of nitrogens with one attached hydrogen (secondary N) is 1. The minimum Gasteiger partial charge on any atom is -0.494 e. The van der Waals surface area contributed by atoms with Crippen molar-refractivity contribution in [1.29, 1.82) is 0 Å². The Labute approximate surface area is 119 Å². The molecule has 0 spiro atoms. The summed E-state index contributed by atoms with van der Waals surface area (Å²) in [6.07, 6.45) is 1.28. The fourth-order valence-corrected chi connectivity index (χ4v) is 2.52. The topological polar surface area (TPSA) is 81.4 Å². The van der Waals surface area contributed by atoms with E-state index in [1.807, 2.05) is 0 Å². The molecule has 5 nitrogen and oxygen atoms in total. The molecule has 20 heavy (non-hydrogen) atoms. The molecule has 0 saturated heterocycles. The Hall–Kier alpha value is -1.18. The van der Waals surface area contributed by atoms with Gasteiger partial charge < -0.3 is 4.74 Å². The highest BCUT2D eigenvalue weighted by atomic mass is 32.2. The van der Waals surface area contributed by atoms with E-state index < -0.39 is 26.4 Å². The average Bonchev–Trinajstić information content (AvgIpc) is 2.36. The van der Waals surface area contributed by atoms with Crippen LogP contribution in [0.5, 0.6) is 5.75 Å². The molecule has 0 aliphatic carbocycles. The molecule has 0 saturated carbocycles. The average molecular weight is 304 g/mol. The van der Waals surface area contributed by atoms with E-state index in [4.69, 9.17) is 10.6 Å².